The largest absolute Gasteiger partial charge is 0.497 e. The lowest BCUT2D eigenvalue weighted by Gasteiger charge is -2.36. The summed E-state index contributed by atoms with van der Waals surface area (Å²) in [6, 6.07) is 9.44. The number of carbonyl (C=O) groups is 2. The van der Waals surface area contributed by atoms with Crippen molar-refractivity contribution in [1.82, 2.24) is 14.5 Å². The Morgan fingerprint density at radius 3 is 2.35 bits per heavy atom. The van der Waals surface area contributed by atoms with E-state index in [9.17, 15) is 19.2 Å². The molecule has 2 aromatic heterocycles. The molecule has 0 bridgehead atoms. The van der Waals surface area contributed by atoms with Gasteiger partial charge in [0.15, 0.2) is 11.4 Å². The van der Waals surface area contributed by atoms with Crippen molar-refractivity contribution in [2.45, 2.75) is 18.9 Å². The Morgan fingerprint density at radius 1 is 1.00 bits per heavy atom. The molecule has 40 heavy (non-hydrogen) atoms. The van der Waals surface area contributed by atoms with E-state index in [4.69, 9.17) is 30.5 Å². The zero-order valence-corrected chi connectivity index (χ0v) is 22.5. The maximum atomic E-state index is 14.1. The summed E-state index contributed by atoms with van der Waals surface area (Å²) in [7, 11) is 4.31. The number of Topliss-reactive ketones (excluding diaryl/α,β-unsaturated/α-hetero) is 2. The smallest absolute Gasteiger partial charge is 0.334 e. The lowest BCUT2D eigenvalue weighted by atomic mass is 9.71. The second-order valence-corrected chi connectivity index (χ2v) is 9.92. The number of pyridine rings is 1. The van der Waals surface area contributed by atoms with Crippen molar-refractivity contribution in [3.05, 3.63) is 79.1 Å². The van der Waals surface area contributed by atoms with Gasteiger partial charge in [-0.25, -0.2) is 14.3 Å². The molecule has 6 rings (SSSR count). The number of benzene rings is 2. The van der Waals surface area contributed by atoms with Gasteiger partial charge in [-0.1, -0.05) is 18.5 Å². The van der Waals surface area contributed by atoms with Crippen LogP contribution in [-0.4, -0.2) is 53.0 Å². The summed E-state index contributed by atoms with van der Waals surface area (Å²) >= 11 is 6.49. The highest BCUT2D eigenvalue weighted by atomic mass is 35.5. The number of carbonyl (C=O) groups excluding carboxylic acids is 2. The van der Waals surface area contributed by atoms with Crippen LogP contribution in [0.1, 0.15) is 33.3 Å². The van der Waals surface area contributed by atoms with Gasteiger partial charge in [0, 0.05) is 17.5 Å². The van der Waals surface area contributed by atoms with Gasteiger partial charge in [-0.3, -0.25) is 19.4 Å². The third-order valence-electron chi connectivity index (χ3n) is 7.49. The number of fused-ring (bicyclic) bond motifs is 3. The molecule has 11 nitrogen and oxygen atoms in total. The molecule has 4 aromatic rings. The molecular weight excluding hydrogens is 542 g/mol. The quantitative estimate of drug-likeness (QED) is 0.371. The molecule has 0 fully saturated rings. The summed E-state index contributed by atoms with van der Waals surface area (Å²) < 4.78 is 23.3. The molecule has 0 radical (unpaired) electrons. The third-order valence-corrected chi connectivity index (χ3v) is 7.84. The fraction of sp³-hybridized carbons (Fsp3) is 0.250. The van der Waals surface area contributed by atoms with Crippen molar-refractivity contribution < 1.29 is 28.5 Å². The lowest BCUT2D eigenvalue weighted by molar-refractivity contribution is 0.0257. The highest BCUT2D eigenvalue weighted by Gasteiger charge is 2.62. The first kappa shape index (κ1) is 25.6. The summed E-state index contributed by atoms with van der Waals surface area (Å²) in [6.45, 7) is 1.70. The first-order valence-electron chi connectivity index (χ1n) is 12.2. The van der Waals surface area contributed by atoms with Crippen LogP contribution < -0.4 is 30.2 Å². The number of ketones is 2. The maximum absolute atomic E-state index is 14.1. The van der Waals surface area contributed by atoms with Gasteiger partial charge in [0.2, 0.25) is 17.2 Å². The zero-order chi connectivity index (χ0) is 28.5. The van der Waals surface area contributed by atoms with Crippen molar-refractivity contribution in [3.8, 4) is 28.7 Å². The minimum atomic E-state index is -1.95. The average Bonchev–Trinajstić information content (AvgIpc) is 3.26. The van der Waals surface area contributed by atoms with E-state index in [2.05, 4.69) is 9.97 Å². The summed E-state index contributed by atoms with van der Waals surface area (Å²) in [4.78, 5) is 60.8. The number of aromatic amines is 1. The van der Waals surface area contributed by atoms with Crippen LogP contribution >= 0.6 is 11.6 Å². The zero-order valence-electron chi connectivity index (χ0n) is 21.8. The fourth-order valence-electron chi connectivity index (χ4n) is 5.45. The number of halogens is 1. The molecule has 0 unspecified atom stereocenters. The topological polar surface area (TPSA) is 139 Å². The predicted octanol–water partition coefficient (Wildman–Crippen LogP) is 3.14. The third kappa shape index (κ3) is 3.33. The lowest BCUT2D eigenvalue weighted by Crippen LogP contribution is -2.56. The number of ether oxygens (including phenoxy) is 4. The van der Waals surface area contributed by atoms with Gasteiger partial charge < -0.3 is 18.9 Å². The first-order chi connectivity index (χ1) is 19.2. The number of nitrogens with zero attached hydrogens (tertiary/aromatic N) is 2. The minimum absolute atomic E-state index is 0.00698. The van der Waals surface area contributed by atoms with Gasteiger partial charge >= 0.3 is 5.69 Å². The molecule has 3 heterocycles. The van der Waals surface area contributed by atoms with E-state index in [0.717, 1.165) is 0 Å². The first-order valence-corrected chi connectivity index (χ1v) is 12.6. The minimum Gasteiger partial charge on any atom is -0.497 e. The predicted molar refractivity (Wildman–Crippen MR) is 144 cm³/mol. The number of methoxy groups -OCH3 is 3. The van der Waals surface area contributed by atoms with E-state index < -0.39 is 34.3 Å². The van der Waals surface area contributed by atoms with Gasteiger partial charge in [0.25, 0.3) is 5.56 Å². The number of rotatable bonds is 4. The van der Waals surface area contributed by atoms with Crippen molar-refractivity contribution in [1.29, 1.82) is 0 Å². The average molecular weight is 564 g/mol. The Hall–Kier alpha value is -4.64. The normalized spacial score (nSPS) is 19.4. The van der Waals surface area contributed by atoms with E-state index in [-0.39, 0.29) is 50.9 Å². The molecule has 2 aliphatic rings. The molecule has 0 amide bonds. The van der Waals surface area contributed by atoms with E-state index in [0.29, 0.717) is 17.1 Å². The number of aromatic nitrogens is 3. The maximum Gasteiger partial charge on any atom is 0.334 e. The molecule has 12 heteroatoms. The van der Waals surface area contributed by atoms with Crippen molar-refractivity contribution in [3.63, 3.8) is 0 Å². The summed E-state index contributed by atoms with van der Waals surface area (Å²) in [5, 5.41) is 0.0263. The molecule has 1 N–H and O–H groups in total. The molecule has 2 atom stereocenters. The van der Waals surface area contributed by atoms with Crippen LogP contribution in [0.5, 0.6) is 23.0 Å². The molecule has 1 aliphatic heterocycles. The summed E-state index contributed by atoms with van der Waals surface area (Å²) in [5.41, 5.74) is -2.46. The van der Waals surface area contributed by atoms with Crippen LogP contribution in [0.4, 0.5) is 0 Å². The van der Waals surface area contributed by atoms with Gasteiger partial charge in [-0.2, -0.15) is 0 Å². The molecule has 0 saturated carbocycles. The van der Waals surface area contributed by atoms with E-state index in [1.54, 1.807) is 31.2 Å². The van der Waals surface area contributed by atoms with Gasteiger partial charge in [0.05, 0.1) is 38.1 Å². The van der Waals surface area contributed by atoms with Crippen molar-refractivity contribution in [2.75, 3.05) is 21.3 Å². The van der Waals surface area contributed by atoms with Crippen molar-refractivity contribution in [2.24, 2.45) is 5.92 Å². The van der Waals surface area contributed by atoms with Gasteiger partial charge in [0.1, 0.15) is 27.8 Å². The van der Waals surface area contributed by atoms with Crippen molar-refractivity contribution >= 4 is 34.2 Å². The second kappa shape index (κ2) is 8.95. The van der Waals surface area contributed by atoms with Gasteiger partial charge in [-0.15, -0.1) is 0 Å². The molecule has 1 aliphatic carbocycles. The van der Waals surface area contributed by atoms with Crippen LogP contribution in [0, 0.1) is 5.92 Å². The Bertz CT molecular complexity index is 1880. The van der Waals surface area contributed by atoms with Crippen LogP contribution in [0.25, 0.3) is 16.7 Å². The fourth-order valence-corrected chi connectivity index (χ4v) is 5.72. The number of hydrogen-bond acceptors (Lipinski definition) is 9. The Kier molecular flexibility index (Phi) is 5.74. The molecule has 204 valence electrons. The Balaban J connectivity index is 1.55. The highest BCUT2D eigenvalue weighted by Crippen LogP contribution is 2.53. The van der Waals surface area contributed by atoms with Crippen LogP contribution in [0.2, 0.25) is 5.02 Å². The highest BCUT2D eigenvalue weighted by molar-refractivity contribution is 6.36. The molecule has 1 spiro atoms. The molecule has 0 saturated heterocycles. The van der Waals surface area contributed by atoms with Gasteiger partial charge in [-0.05, 0) is 36.8 Å². The van der Waals surface area contributed by atoms with E-state index in [1.165, 1.54) is 38.0 Å². The molecule has 2 aromatic carbocycles. The second-order valence-electron chi connectivity index (χ2n) is 9.55. The van der Waals surface area contributed by atoms with E-state index in [1.807, 2.05) is 0 Å². The summed E-state index contributed by atoms with van der Waals surface area (Å²) in [5.74, 6) is -1.02. The SMILES string of the molecule is COc1ccc(-n2c(=O)[nH]c(=O)c3cc4c(nc32)C[C@@H](C)[C@]2(Oc3c(Cl)c(OC)cc(OC)c3C2=O)C4=O)cc1. The monoisotopic (exact) mass is 563 g/mol. The Morgan fingerprint density at radius 2 is 1.70 bits per heavy atom. The molecular formula is C28H22ClN3O8. The van der Waals surface area contributed by atoms with Crippen LogP contribution in [0.3, 0.4) is 0 Å². The van der Waals surface area contributed by atoms with Crippen LogP contribution in [-0.2, 0) is 6.42 Å². The summed E-state index contributed by atoms with van der Waals surface area (Å²) in [6.07, 6.45) is 0.136. The Labute approximate surface area is 231 Å². The number of H-pyrrole nitrogens is 1. The number of hydrogen-bond donors (Lipinski definition) is 1. The standard InChI is InChI=1S/C28H22ClN3O8/c1-12-9-17-15(23(33)28(12)24(34)20-18(38-3)11-19(39-4)21(29)22(20)40-28)10-16-25(30-17)32(27(36)31-26(16)35)13-5-7-14(37-2)8-6-13/h5-8,10-12H,9H2,1-4H3,(H,31,35,36)/t12-,28+/m1/s1. The van der Waals surface area contributed by atoms with E-state index >= 15 is 0 Å². The van der Waals surface area contributed by atoms with Crippen LogP contribution in [0.15, 0.2) is 46.0 Å². The number of nitrogens with one attached hydrogen (secondary N) is 1.